The zero-order valence-corrected chi connectivity index (χ0v) is 20.6. The summed E-state index contributed by atoms with van der Waals surface area (Å²) in [6, 6.07) is 15.4. The Kier molecular flexibility index (Phi) is 7.75. The number of rotatable bonds is 9. The molecule has 0 spiro atoms. The predicted molar refractivity (Wildman–Crippen MR) is 127 cm³/mol. The maximum Gasteiger partial charge on any atom is 0.130 e. The Balaban J connectivity index is 2.43. The Morgan fingerprint density at radius 3 is 1.16 bits per heavy atom. The SMILES string of the molecule is COc1cc(OC)c(C(c2ccc(Br)cc2)c2c(OC)cc(OC)cc2OC)c(OC)c1. The lowest BCUT2D eigenvalue weighted by molar-refractivity contribution is 0.359. The molecule has 0 atom stereocenters. The zero-order valence-electron chi connectivity index (χ0n) is 19.0. The van der Waals surface area contributed by atoms with Crippen LogP contribution in [0.1, 0.15) is 22.6 Å². The van der Waals surface area contributed by atoms with E-state index in [0.717, 1.165) is 21.2 Å². The Morgan fingerprint density at radius 1 is 0.531 bits per heavy atom. The van der Waals surface area contributed by atoms with Crippen LogP contribution in [0.3, 0.4) is 0 Å². The summed E-state index contributed by atoms with van der Waals surface area (Å²) in [4.78, 5) is 0. The second kappa shape index (κ2) is 10.5. The highest BCUT2D eigenvalue weighted by Crippen LogP contribution is 2.50. The highest BCUT2D eigenvalue weighted by Gasteiger charge is 2.31. The van der Waals surface area contributed by atoms with Crippen molar-refractivity contribution in [2.45, 2.75) is 5.92 Å². The summed E-state index contributed by atoms with van der Waals surface area (Å²) < 4.78 is 35.0. The van der Waals surface area contributed by atoms with Gasteiger partial charge in [-0.05, 0) is 17.7 Å². The number of hydrogen-bond donors (Lipinski definition) is 0. The van der Waals surface area contributed by atoms with Gasteiger partial charge in [0, 0.05) is 45.8 Å². The summed E-state index contributed by atoms with van der Waals surface area (Å²) in [5, 5.41) is 0. The molecule has 0 aliphatic carbocycles. The molecule has 0 fully saturated rings. The summed E-state index contributed by atoms with van der Waals surface area (Å²) in [6.45, 7) is 0. The van der Waals surface area contributed by atoms with E-state index in [1.807, 2.05) is 48.5 Å². The number of benzene rings is 3. The van der Waals surface area contributed by atoms with E-state index in [0.29, 0.717) is 34.5 Å². The molecule has 6 nitrogen and oxygen atoms in total. The number of hydrogen-bond acceptors (Lipinski definition) is 6. The van der Waals surface area contributed by atoms with E-state index in [2.05, 4.69) is 15.9 Å². The van der Waals surface area contributed by atoms with Gasteiger partial charge in [0.2, 0.25) is 0 Å². The molecule has 0 amide bonds. The van der Waals surface area contributed by atoms with Crippen LogP contribution in [0.25, 0.3) is 0 Å². The molecule has 0 bridgehead atoms. The van der Waals surface area contributed by atoms with Crippen molar-refractivity contribution in [3.05, 3.63) is 69.7 Å². The molecule has 0 saturated heterocycles. The minimum atomic E-state index is -0.338. The Morgan fingerprint density at radius 2 is 0.875 bits per heavy atom. The third-order valence-corrected chi connectivity index (χ3v) is 5.82. The molecule has 0 heterocycles. The normalized spacial score (nSPS) is 10.6. The predicted octanol–water partition coefficient (Wildman–Crippen LogP) is 5.68. The highest BCUT2D eigenvalue weighted by atomic mass is 79.9. The monoisotopic (exact) mass is 502 g/mol. The van der Waals surface area contributed by atoms with Gasteiger partial charge in [0.15, 0.2) is 0 Å². The standard InChI is InChI=1S/C25H27BrO6/c1-27-17-11-19(29-3)24(20(12-17)30-4)23(15-7-9-16(26)10-8-15)25-21(31-5)13-18(28-2)14-22(25)32-6/h7-14,23H,1-6H3. The van der Waals surface area contributed by atoms with Crippen LogP contribution in [0.15, 0.2) is 53.0 Å². The molecule has 0 aromatic heterocycles. The first kappa shape index (κ1) is 23.6. The molecule has 0 saturated carbocycles. The maximum atomic E-state index is 5.79. The average Bonchev–Trinajstić information content (AvgIpc) is 2.84. The first-order chi connectivity index (χ1) is 15.5. The quantitative estimate of drug-likeness (QED) is 0.350. The summed E-state index contributed by atoms with van der Waals surface area (Å²) in [5.74, 6) is 3.40. The van der Waals surface area contributed by atoms with Gasteiger partial charge in [-0.3, -0.25) is 0 Å². The summed E-state index contributed by atoms with van der Waals surface area (Å²) in [6.07, 6.45) is 0. The highest BCUT2D eigenvalue weighted by molar-refractivity contribution is 9.10. The number of methoxy groups -OCH3 is 6. The van der Waals surface area contributed by atoms with Crippen LogP contribution in [-0.2, 0) is 0 Å². The topological polar surface area (TPSA) is 55.4 Å². The van der Waals surface area contributed by atoms with E-state index in [9.17, 15) is 0 Å². The third kappa shape index (κ3) is 4.58. The largest absolute Gasteiger partial charge is 0.496 e. The second-order valence-electron chi connectivity index (χ2n) is 6.88. The van der Waals surface area contributed by atoms with Gasteiger partial charge < -0.3 is 28.4 Å². The Bertz CT molecular complexity index is 951. The second-order valence-corrected chi connectivity index (χ2v) is 7.79. The molecule has 0 aliphatic rings. The van der Waals surface area contributed by atoms with Crippen LogP contribution in [0.4, 0.5) is 0 Å². The van der Waals surface area contributed by atoms with Crippen LogP contribution in [-0.4, -0.2) is 42.7 Å². The summed E-state index contributed by atoms with van der Waals surface area (Å²) in [5.41, 5.74) is 2.64. The molecule has 170 valence electrons. The molecule has 0 aliphatic heterocycles. The average molecular weight is 503 g/mol. The lowest BCUT2D eigenvalue weighted by Crippen LogP contribution is -2.11. The Labute approximate surface area is 197 Å². The minimum Gasteiger partial charge on any atom is -0.496 e. The molecule has 3 aromatic rings. The van der Waals surface area contributed by atoms with Crippen LogP contribution < -0.4 is 28.4 Å². The Hall–Kier alpha value is -3.06. The van der Waals surface area contributed by atoms with E-state index in [4.69, 9.17) is 28.4 Å². The van der Waals surface area contributed by atoms with Crippen molar-refractivity contribution in [3.63, 3.8) is 0 Å². The first-order valence-corrected chi connectivity index (χ1v) is 10.7. The van der Waals surface area contributed by atoms with Crippen molar-refractivity contribution in [2.24, 2.45) is 0 Å². The van der Waals surface area contributed by atoms with E-state index < -0.39 is 0 Å². The van der Waals surface area contributed by atoms with E-state index in [1.54, 1.807) is 42.7 Å². The maximum absolute atomic E-state index is 5.79. The van der Waals surface area contributed by atoms with Crippen molar-refractivity contribution >= 4 is 15.9 Å². The van der Waals surface area contributed by atoms with Crippen molar-refractivity contribution < 1.29 is 28.4 Å². The van der Waals surface area contributed by atoms with Gasteiger partial charge in [0.1, 0.15) is 34.5 Å². The smallest absolute Gasteiger partial charge is 0.130 e. The van der Waals surface area contributed by atoms with Gasteiger partial charge >= 0.3 is 0 Å². The van der Waals surface area contributed by atoms with Crippen molar-refractivity contribution in [1.82, 2.24) is 0 Å². The molecule has 0 radical (unpaired) electrons. The molecule has 7 heteroatoms. The van der Waals surface area contributed by atoms with Crippen LogP contribution in [0.5, 0.6) is 34.5 Å². The summed E-state index contributed by atoms with van der Waals surface area (Å²) in [7, 11) is 9.71. The molecule has 3 rings (SSSR count). The van der Waals surface area contributed by atoms with Crippen molar-refractivity contribution in [2.75, 3.05) is 42.7 Å². The molecular formula is C25H27BrO6. The van der Waals surface area contributed by atoms with Crippen molar-refractivity contribution in [3.8, 4) is 34.5 Å². The molecule has 3 aromatic carbocycles. The van der Waals surface area contributed by atoms with Crippen LogP contribution in [0.2, 0.25) is 0 Å². The fourth-order valence-electron chi connectivity index (χ4n) is 3.77. The lowest BCUT2D eigenvalue weighted by atomic mass is 9.82. The molecule has 32 heavy (non-hydrogen) atoms. The van der Waals surface area contributed by atoms with E-state index in [1.165, 1.54) is 0 Å². The third-order valence-electron chi connectivity index (χ3n) is 5.29. The lowest BCUT2D eigenvalue weighted by Gasteiger charge is -2.27. The number of halogens is 1. The number of ether oxygens (including phenoxy) is 6. The van der Waals surface area contributed by atoms with Gasteiger partial charge in [0.05, 0.1) is 42.7 Å². The van der Waals surface area contributed by atoms with Gasteiger partial charge in [-0.25, -0.2) is 0 Å². The van der Waals surface area contributed by atoms with Gasteiger partial charge in [-0.1, -0.05) is 28.1 Å². The van der Waals surface area contributed by atoms with Gasteiger partial charge in [-0.2, -0.15) is 0 Å². The first-order valence-electron chi connectivity index (χ1n) is 9.86. The molecule has 0 N–H and O–H groups in total. The fraction of sp³-hybridized carbons (Fsp3) is 0.280. The van der Waals surface area contributed by atoms with E-state index >= 15 is 0 Å². The zero-order chi connectivity index (χ0) is 23.3. The van der Waals surface area contributed by atoms with Crippen LogP contribution >= 0.6 is 15.9 Å². The molecular weight excluding hydrogens is 476 g/mol. The van der Waals surface area contributed by atoms with Gasteiger partial charge in [-0.15, -0.1) is 0 Å². The minimum absolute atomic E-state index is 0.338. The summed E-state index contributed by atoms with van der Waals surface area (Å²) >= 11 is 3.53. The van der Waals surface area contributed by atoms with Gasteiger partial charge in [0.25, 0.3) is 0 Å². The van der Waals surface area contributed by atoms with Crippen molar-refractivity contribution in [1.29, 1.82) is 0 Å². The molecule has 0 unspecified atom stereocenters. The van der Waals surface area contributed by atoms with Crippen LogP contribution in [0, 0.1) is 0 Å². The fourth-order valence-corrected chi connectivity index (χ4v) is 4.03. The van der Waals surface area contributed by atoms with E-state index in [-0.39, 0.29) is 5.92 Å².